The molecule has 0 heterocycles. The summed E-state index contributed by atoms with van der Waals surface area (Å²) in [5.74, 6) is -1.26. The first-order chi connectivity index (χ1) is 16.4. The van der Waals surface area contributed by atoms with Gasteiger partial charge < -0.3 is 14.9 Å². The fourth-order valence-corrected chi connectivity index (χ4v) is 4.38. The Kier molecular flexibility index (Phi) is 8.69. The van der Waals surface area contributed by atoms with Crippen molar-refractivity contribution in [3.8, 4) is 11.5 Å². The molecular weight excluding hydrogens is 428 g/mol. The highest BCUT2D eigenvalue weighted by Gasteiger charge is 2.26. The number of fused-ring (bicyclic) bond motifs is 1. The van der Waals surface area contributed by atoms with E-state index in [1.54, 1.807) is 44.2 Å². The molecule has 0 atom stereocenters. The minimum atomic E-state index is -0.654. The molecule has 0 aliphatic carbocycles. The molecule has 0 radical (unpaired) electrons. The van der Waals surface area contributed by atoms with Crippen molar-refractivity contribution in [1.29, 1.82) is 0 Å². The summed E-state index contributed by atoms with van der Waals surface area (Å²) in [6.07, 6.45) is 7.08. The Labute approximate surface area is 201 Å². The van der Waals surface area contributed by atoms with Gasteiger partial charge in [0.15, 0.2) is 5.78 Å². The average Bonchev–Trinajstić information content (AvgIpc) is 2.83. The molecule has 0 bridgehead atoms. The number of carbonyl (C=O) groups excluding carboxylic acids is 2. The number of carbonyl (C=O) groups is 2. The number of benzene rings is 3. The number of aryl methyl sites for hydroxylation is 1. The first-order valence-corrected chi connectivity index (χ1v) is 12.2. The summed E-state index contributed by atoms with van der Waals surface area (Å²) in [4.78, 5) is 26.3. The van der Waals surface area contributed by atoms with Crippen LogP contribution in [0, 0.1) is 6.92 Å². The van der Waals surface area contributed by atoms with Crippen molar-refractivity contribution in [2.45, 2.75) is 65.7 Å². The SMILES string of the molecule is CCCCCCCCc1cc(C(=O)c2ccc3ccccc3c2O)c(C)c(C(=O)OCC)c1O. The molecule has 0 aliphatic rings. The van der Waals surface area contributed by atoms with Crippen molar-refractivity contribution in [2.24, 2.45) is 0 Å². The van der Waals surface area contributed by atoms with Crippen molar-refractivity contribution in [3.63, 3.8) is 0 Å². The molecule has 0 saturated heterocycles. The molecule has 2 N–H and O–H groups in total. The number of unbranched alkanes of at least 4 members (excludes halogenated alkanes) is 5. The van der Waals surface area contributed by atoms with Gasteiger partial charge in [-0.3, -0.25) is 4.79 Å². The Morgan fingerprint density at radius 2 is 1.56 bits per heavy atom. The van der Waals surface area contributed by atoms with E-state index in [4.69, 9.17) is 4.74 Å². The van der Waals surface area contributed by atoms with Crippen molar-refractivity contribution in [3.05, 3.63) is 70.3 Å². The third kappa shape index (κ3) is 5.41. The maximum absolute atomic E-state index is 13.6. The van der Waals surface area contributed by atoms with Gasteiger partial charge in [-0.1, -0.05) is 69.4 Å². The van der Waals surface area contributed by atoms with Gasteiger partial charge in [0.2, 0.25) is 0 Å². The van der Waals surface area contributed by atoms with Gasteiger partial charge in [-0.25, -0.2) is 4.79 Å². The Morgan fingerprint density at radius 3 is 2.29 bits per heavy atom. The predicted octanol–water partition coefficient (Wildman–Crippen LogP) is 6.87. The van der Waals surface area contributed by atoms with Gasteiger partial charge in [-0.2, -0.15) is 0 Å². The zero-order chi connectivity index (χ0) is 24.7. The van der Waals surface area contributed by atoms with E-state index in [0.717, 1.165) is 24.6 Å². The summed E-state index contributed by atoms with van der Waals surface area (Å²) in [5, 5.41) is 23.2. The van der Waals surface area contributed by atoms with Gasteiger partial charge >= 0.3 is 5.97 Å². The first kappa shape index (κ1) is 25.3. The zero-order valence-corrected chi connectivity index (χ0v) is 20.3. The van der Waals surface area contributed by atoms with Crippen LogP contribution in [0.1, 0.15) is 89.8 Å². The van der Waals surface area contributed by atoms with Gasteiger partial charge in [0.1, 0.15) is 17.1 Å². The molecule has 5 nitrogen and oxygen atoms in total. The molecule has 3 rings (SSSR count). The van der Waals surface area contributed by atoms with E-state index in [9.17, 15) is 19.8 Å². The molecule has 0 aliphatic heterocycles. The number of hydrogen-bond acceptors (Lipinski definition) is 5. The Balaban J connectivity index is 2.01. The normalized spacial score (nSPS) is 11.0. The number of esters is 1. The quantitative estimate of drug-likeness (QED) is 0.184. The second kappa shape index (κ2) is 11.7. The average molecular weight is 463 g/mol. The van der Waals surface area contributed by atoms with Gasteiger partial charge in [0, 0.05) is 10.9 Å². The van der Waals surface area contributed by atoms with Crippen LogP contribution in [0.3, 0.4) is 0 Å². The third-order valence-corrected chi connectivity index (χ3v) is 6.31. The summed E-state index contributed by atoms with van der Waals surface area (Å²) in [7, 11) is 0. The van der Waals surface area contributed by atoms with E-state index in [1.165, 1.54) is 19.3 Å². The smallest absolute Gasteiger partial charge is 0.342 e. The van der Waals surface area contributed by atoms with E-state index in [2.05, 4.69) is 6.92 Å². The Bertz CT molecular complexity index is 1180. The van der Waals surface area contributed by atoms with E-state index in [0.29, 0.717) is 22.9 Å². The maximum Gasteiger partial charge on any atom is 0.342 e. The lowest BCUT2D eigenvalue weighted by atomic mass is 9.89. The minimum absolute atomic E-state index is 0.0222. The highest BCUT2D eigenvalue weighted by atomic mass is 16.5. The fraction of sp³-hybridized carbons (Fsp3) is 0.379. The largest absolute Gasteiger partial charge is 0.507 e. The highest BCUT2D eigenvalue weighted by molar-refractivity contribution is 6.15. The topological polar surface area (TPSA) is 83.8 Å². The molecule has 34 heavy (non-hydrogen) atoms. The lowest BCUT2D eigenvalue weighted by Crippen LogP contribution is -2.13. The minimum Gasteiger partial charge on any atom is -0.507 e. The van der Waals surface area contributed by atoms with Crippen LogP contribution in [0.4, 0.5) is 0 Å². The number of hydrogen-bond donors (Lipinski definition) is 2. The number of phenolic OH excluding ortho intramolecular Hbond substituents is 2. The Hall–Kier alpha value is -3.34. The van der Waals surface area contributed by atoms with Crippen LogP contribution in [0.15, 0.2) is 42.5 Å². The van der Waals surface area contributed by atoms with E-state index in [1.807, 2.05) is 12.1 Å². The Morgan fingerprint density at radius 1 is 0.853 bits per heavy atom. The van der Waals surface area contributed by atoms with Crippen LogP contribution < -0.4 is 0 Å². The predicted molar refractivity (Wildman–Crippen MR) is 135 cm³/mol. The van der Waals surface area contributed by atoms with Crippen molar-refractivity contribution >= 4 is 22.5 Å². The van der Waals surface area contributed by atoms with E-state index < -0.39 is 11.8 Å². The zero-order valence-electron chi connectivity index (χ0n) is 20.3. The number of aromatic hydroxyl groups is 2. The van der Waals surface area contributed by atoms with Crippen LogP contribution in [0.25, 0.3) is 10.8 Å². The second-order valence-electron chi connectivity index (χ2n) is 8.68. The molecule has 180 valence electrons. The van der Waals surface area contributed by atoms with E-state index in [-0.39, 0.29) is 34.8 Å². The summed E-state index contributed by atoms with van der Waals surface area (Å²) in [5.41, 5.74) is 1.36. The van der Waals surface area contributed by atoms with Crippen LogP contribution >= 0.6 is 0 Å². The number of ketones is 1. The van der Waals surface area contributed by atoms with Crippen molar-refractivity contribution < 1.29 is 24.5 Å². The summed E-state index contributed by atoms with van der Waals surface area (Å²) >= 11 is 0. The molecule has 5 heteroatoms. The molecule has 0 saturated carbocycles. The van der Waals surface area contributed by atoms with Gasteiger partial charge in [0.05, 0.1) is 12.2 Å². The number of ether oxygens (including phenoxy) is 1. The summed E-state index contributed by atoms with van der Waals surface area (Å²) < 4.78 is 5.18. The first-order valence-electron chi connectivity index (χ1n) is 12.2. The van der Waals surface area contributed by atoms with Gasteiger partial charge in [-0.15, -0.1) is 0 Å². The molecule has 3 aromatic carbocycles. The molecule has 0 spiro atoms. The van der Waals surface area contributed by atoms with Crippen LogP contribution in [-0.4, -0.2) is 28.6 Å². The van der Waals surface area contributed by atoms with E-state index >= 15 is 0 Å². The van der Waals surface area contributed by atoms with Crippen LogP contribution in [-0.2, 0) is 11.2 Å². The number of rotatable bonds is 11. The second-order valence-corrected chi connectivity index (χ2v) is 8.68. The third-order valence-electron chi connectivity index (χ3n) is 6.31. The van der Waals surface area contributed by atoms with Gasteiger partial charge in [-0.05, 0) is 55.3 Å². The van der Waals surface area contributed by atoms with Gasteiger partial charge in [0.25, 0.3) is 0 Å². The molecule has 0 aromatic heterocycles. The summed E-state index contributed by atoms with van der Waals surface area (Å²) in [6.45, 7) is 5.66. The van der Waals surface area contributed by atoms with Crippen molar-refractivity contribution in [2.75, 3.05) is 6.61 Å². The van der Waals surface area contributed by atoms with Crippen LogP contribution in [0.5, 0.6) is 11.5 Å². The summed E-state index contributed by atoms with van der Waals surface area (Å²) in [6, 6.07) is 12.4. The molecule has 0 amide bonds. The fourth-order valence-electron chi connectivity index (χ4n) is 4.38. The standard InChI is InChI=1S/C29H34O5/c1-4-6-7-8-9-10-14-21-18-24(19(3)25(26(21)30)29(33)34-5-2)28(32)23-17-16-20-13-11-12-15-22(20)27(23)31/h11-13,15-18,30-31H,4-10,14H2,1-3H3. The lowest BCUT2D eigenvalue weighted by molar-refractivity contribution is 0.0522. The molecule has 0 unspecified atom stereocenters. The number of phenols is 2. The van der Waals surface area contributed by atoms with Crippen molar-refractivity contribution in [1.82, 2.24) is 0 Å². The monoisotopic (exact) mass is 462 g/mol. The maximum atomic E-state index is 13.6. The highest BCUT2D eigenvalue weighted by Crippen LogP contribution is 2.35. The molecular formula is C29H34O5. The molecule has 0 fully saturated rings. The lowest BCUT2D eigenvalue weighted by Gasteiger charge is -2.17. The van der Waals surface area contributed by atoms with Crippen LogP contribution in [0.2, 0.25) is 0 Å². The molecule has 3 aromatic rings.